The van der Waals surface area contributed by atoms with Crippen molar-refractivity contribution in [2.75, 3.05) is 25.7 Å². The third kappa shape index (κ3) is 5.04. The van der Waals surface area contributed by atoms with Gasteiger partial charge in [0.15, 0.2) is 0 Å². The van der Waals surface area contributed by atoms with Crippen LogP contribution in [0, 0.1) is 0 Å². The van der Waals surface area contributed by atoms with E-state index in [-0.39, 0.29) is 5.97 Å². The van der Waals surface area contributed by atoms with Gasteiger partial charge in [0.2, 0.25) is 0 Å². The summed E-state index contributed by atoms with van der Waals surface area (Å²) in [4.78, 5) is 12.3. The summed E-state index contributed by atoms with van der Waals surface area (Å²) >= 11 is 1.91. The average Bonchev–Trinajstić information content (AvgIpc) is 2.55. The molecular weight excluding hydrogens is 282 g/mol. The summed E-state index contributed by atoms with van der Waals surface area (Å²) in [5.41, 5.74) is 0.224. The first-order valence-corrected chi connectivity index (χ1v) is 8.77. The fourth-order valence-corrected chi connectivity index (χ4v) is 3.48. The maximum absolute atomic E-state index is 12.3. The Kier molecular flexibility index (Phi) is 8.47. The lowest BCUT2D eigenvalue weighted by Crippen LogP contribution is -2.48. The smallest absolute Gasteiger partial charge is 0.330 e. The van der Waals surface area contributed by atoms with Gasteiger partial charge < -0.3 is 10.1 Å². The molecule has 0 aliphatic heterocycles. The number of benzene rings is 1. The van der Waals surface area contributed by atoms with Crippen LogP contribution in [0.1, 0.15) is 38.2 Å². The van der Waals surface area contributed by atoms with E-state index in [4.69, 9.17) is 4.74 Å². The first kappa shape index (κ1) is 18.1. The van der Waals surface area contributed by atoms with Crippen LogP contribution in [0.15, 0.2) is 30.3 Å². The van der Waals surface area contributed by atoms with Crippen molar-refractivity contribution in [3.63, 3.8) is 0 Å². The number of nitrogens with one attached hydrogen (secondary N) is 1. The molecule has 0 saturated heterocycles. The van der Waals surface area contributed by atoms with Gasteiger partial charge in [-0.15, -0.1) is 0 Å². The van der Waals surface area contributed by atoms with Crippen LogP contribution < -0.4 is 5.32 Å². The summed E-state index contributed by atoms with van der Waals surface area (Å²) in [6, 6.07) is 9.84. The fourth-order valence-electron chi connectivity index (χ4n) is 2.41. The molecule has 1 atom stereocenters. The molecule has 0 saturated carbocycles. The summed E-state index contributed by atoms with van der Waals surface area (Å²) in [5.74, 6) is 1.88. The number of thioether (sulfide) groups is 1. The number of esters is 1. The quantitative estimate of drug-likeness (QED) is 0.529. The van der Waals surface area contributed by atoms with Gasteiger partial charge in [-0.2, -0.15) is 11.8 Å². The van der Waals surface area contributed by atoms with E-state index >= 15 is 0 Å². The molecule has 1 aromatic rings. The molecule has 1 rings (SSSR count). The molecule has 0 aromatic heterocycles. The number of methoxy groups -OCH3 is 1. The molecule has 0 radical (unpaired) electrons. The summed E-state index contributed by atoms with van der Waals surface area (Å²) in [7, 11) is 3.28. The fraction of sp³-hybridized carbons (Fsp3) is 0.588. The highest BCUT2D eigenvalue weighted by molar-refractivity contribution is 7.99. The second kappa shape index (κ2) is 9.85. The third-order valence-electron chi connectivity index (χ3n) is 3.74. The van der Waals surface area contributed by atoms with Crippen LogP contribution in [-0.4, -0.2) is 31.6 Å². The summed E-state index contributed by atoms with van der Waals surface area (Å²) < 4.78 is 5.05. The molecule has 118 valence electrons. The number of rotatable bonds is 10. The van der Waals surface area contributed by atoms with Crippen molar-refractivity contribution in [3.8, 4) is 0 Å². The van der Waals surface area contributed by atoms with Crippen LogP contribution in [0.3, 0.4) is 0 Å². The second-order valence-electron chi connectivity index (χ2n) is 5.08. The van der Waals surface area contributed by atoms with Crippen molar-refractivity contribution in [1.82, 2.24) is 5.32 Å². The number of likely N-dealkylation sites (N-methyl/N-ethyl adjacent to an activating group) is 1. The van der Waals surface area contributed by atoms with Crippen molar-refractivity contribution >= 4 is 17.7 Å². The Balaban J connectivity index is 2.71. The van der Waals surface area contributed by atoms with Gasteiger partial charge in [0, 0.05) is 0 Å². The van der Waals surface area contributed by atoms with Gasteiger partial charge in [0.25, 0.3) is 0 Å². The summed E-state index contributed by atoms with van der Waals surface area (Å²) in [6.45, 7) is 2.21. The van der Waals surface area contributed by atoms with Crippen LogP contribution in [0.5, 0.6) is 0 Å². The lowest BCUT2D eigenvalue weighted by atomic mass is 9.87. The Bertz CT molecular complexity index is 411. The number of carbonyl (C=O) groups is 1. The molecule has 4 heteroatoms. The van der Waals surface area contributed by atoms with Crippen molar-refractivity contribution in [3.05, 3.63) is 35.9 Å². The van der Waals surface area contributed by atoms with Crippen LogP contribution in [-0.2, 0) is 15.1 Å². The minimum Gasteiger partial charge on any atom is -0.467 e. The highest BCUT2D eigenvalue weighted by Crippen LogP contribution is 2.28. The molecular formula is C17H27NO2S. The van der Waals surface area contributed by atoms with Crippen molar-refractivity contribution in [1.29, 1.82) is 0 Å². The van der Waals surface area contributed by atoms with Crippen molar-refractivity contribution < 1.29 is 9.53 Å². The molecule has 1 N–H and O–H groups in total. The summed E-state index contributed by atoms with van der Waals surface area (Å²) in [5, 5.41) is 3.20. The van der Waals surface area contributed by atoms with E-state index in [1.54, 1.807) is 0 Å². The van der Waals surface area contributed by atoms with E-state index in [9.17, 15) is 4.79 Å². The number of unbranched alkanes of at least 4 members (excludes halogenated alkanes) is 2. The number of hydrogen-bond acceptors (Lipinski definition) is 4. The zero-order valence-electron chi connectivity index (χ0n) is 13.4. The van der Waals surface area contributed by atoms with Gasteiger partial charge in [-0.05, 0) is 37.0 Å². The normalized spacial score (nSPS) is 13.7. The summed E-state index contributed by atoms with van der Waals surface area (Å²) in [6.07, 6.45) is 4.50. The van der Waals surface area contributed by atoms with E-state index in [1.165, 1.54) is 26.4 Å². The average molecular weight is 309 g/mol. The molecule has 1 aromatic carbocycles. The SMILES string of the molecule is CCCCCSCCC(NC)(C(=O)OC)c1ccccc1. The van der Waals surface area contributed by atoms with E-state index in [0.717, 1.165) is 23.5 Å². The Morgan fingerprint density at radius 3 is 2.52 bits per heavy atom. The predicted molar refractivity (Wildman–Crippen MR) is 90.7 cm³/mol. The standard InChI is InChI=1S/C17H27NO2S/c1-4-5-9-13-21-14-12-17(18-2,16(19)20-3)15-10-7-6-8-11-15/h6-8,10-11,18H,4-5,9,12-14H2,1-3H3. The van der Waals surface area contributed by atoms with E-state index < -0.39 is 5.54 Å². The molecule has 0 amide bonds. The monoisotopic (exact) mass is 309 g/mol. The minimum atomic E-state index is -0.742. The van der Waals surface area contributed by atoms with Crippen LogP contribution in [0.25, 0.3) is 0 Å². The molecule has 3 nitrogen and oxygen atoms in total. The predicted octanol–water partition coefficient (Wildman–Crippen LogP) is 3.59. The van der Waals surface area contributed by atoms with E-state index in [1.807, 2.05) is 49.1 Å². The van der Waals surface area contributed by atoms with Crippen LogP contribution >= 0.6 is 11.8 Å². The highest BCUT2D eigenvalue weighted by atomic mass is 32.2. The first-order chi connectivity index (χ1) is 10.2. The van der Waals surface area contributed by atoms with Crippen LogP contribution in [0.2, 0.25) is 0 Å². The maximum Gasteiger partial charge on any atom is 0.330 e. The zero-order valence-corrected chi connectivity index (χ0v) is 14.2. The van der Waals surface area contributed by atoms with E-state index in [0.29, 0.717) is 0 Å². The van der Waals surface area contributed by atoms with Gasteiger partial charge in [-0.1, -0.05) is 50.1 Å². The maximum atomic E-state index is 12.3. The van der Waals surface area contributed by atoms with Gasteiger partial charge in [0.1, 0.15) is 5.54 Å². The molecule has 0 fully saturated rings. The molecule has 0 heterocycles. The van der Waals surface area contributed by atoms with Gasteiger partial charge >= 0.3 is 5.97 Å². The highest BCUT2D eigenvalue weighted by Gasteiger charge is 2.39. The molecule has 0 bridgehead atoms. The number of carbonyl (C=O) groups excluding carboxylic acids is 1. The van der Waals surface area contributed by atoms with Gasteiger partial charge in [-0.25, -0.2) is 4.79 Å². The molecule has 0 aliphatic rings. The molecule has 0 spiro atoms. The Morgan fingerprint density at radius 2 is 1.95 bits per heavy atom. The molecule has 21 heavy (non-hydrogen) atoms. The zero-order chi connectivity index (χ0) is 15.6. The Labute approximate surface area is 132 Å². The van der Waals surface area contributed by atoms with Crippen LogP contribution in [0.4, 0.5) is 0 Å². The van der Waals surface area contributed by atoms with Gasteiger partial charge in [0.05, 0.1) is 7.11 Å². The molecule has 0 aliphatic carbocycles. The Hall–Kier alpha value is -1.00. The van der Waals surface area contributed by atoms with Crippen molar-refractivity contribution in [2.45, 2.75) is 38.1 Å². The molecule has 1 unspecified atom stereocenters. The minimum absolute atomic E-state index is 0.217. The lowest BCUT2D eigenvalue weighted by Gasteiger charge is -2.31. The largest absolute Gasteiger partial charge is 0.467 e. The number of hydrogen-bond donors (Lipinski definition) is 1. The second-order valence-corrected chi connectivity index (χ2v) is 6.31. The number of ether oxygens (including phenoxy) is 1. The first-order valence-electron chi connectivity index (χ1n) is 7.62. The van der Waals surface area contributed by atoms with Gasteiger partial charge in [-0.3, -0.25) is 0 Å². The van der Waals surface area contributed by atoms with Crippen molar-refractivity contribution in [2.24, 2.45) is 0 Å². The third-order valence-corrected chi connectivity index (χ3v) is 4.81. The lowest BCUT2D eigenvalue weighted by molar-refractivity contribution is -0.149. The topological polar surface area (TPSA) is 38.3 Å². The van der Waals surface area contributed by atoms with E-state index in [2.05, 4.69) is 12.2 Å². The Morgan fingerprint density at radius 1 is 1.24 bits per heavy atom.